The number of aromatic nitrogens is 2. The summed E-state index contributed by atoms with van der Waals surface area (Å²) < 4.78 is 9.18. The maximum absolute atomic E-state index is 6.90. The molecule has 10 rings (SSSR count). The van der Waals surface area contributed by atoms with Gasteiger partial charge in [-0.05, 0) is 115 Å². The van der Waals surface area contributed by atoms with E-state index < -0.39 is 0 Å². The third-order valence-electron chi connectivity index (χ3n) is 13.9. The number of para-hydroxylation sites is 3. The molecule has 0 saturated heterocycles. The maximum atomic E-state index is 6.90. The largest absolute Gasteiger partial charge is 0.509 e. The number of aryl methyl sites for hydroxylation is 3. The van der Waals surface area contributed by atoms with Crippen molar-refractivity contribution in [3.8, 4) is 28.4 Å². The molecule has 2 aliphatic rings. The summed E-state index contributed by atoms with van der Waals surface area (Å²) in [6, 6.07) is 53.4. The van der Waals surface area contributed by atoms with Crippen molar-refractivity contribution in [1.82, 2.24) is 9.55 Å². The van der Waals surface area contributed by atoms with Crippen LogP contribution in [-0.4, -0.2) is 16.6 Å². The Morgan fingerprint density at radius 3 is 2.08 bits per heavy atom. The monoisotopic (exact) mass is 992 g/mol. The minimum absolute atomic E-state index is 0. The second-order valence-electron chi connectivity index (χ2n) is 18.7. The molecule has 2 aromatic heterocycles. The molecule has 5 nitrogen and oxygen atoms in total. The fourth-order valence-electron chi connectivity index (χ4n) is 11.7. The Kier molecular flexibility index (Phi) is 10.5. The summed E-state index contributed by atoms with van der Waals surface area (Å²) in [5.74, 6) is 2.11. The zero-order valence-corrected chi connectivity index (χ0v) is 39.2. The van der Waals surface area contributed by atoms with Gasteiger partial charge in [0.05, 0.1) is 0 Å². The van der Waals surface area contributed by atoms with Crippen molar-refractivity contribution in [3.05, 3.63) is 180 Å². The van der Waals surface area contributed by atoms with Gasteiger partial charge in [-0.25, -0.2) is 4.98 Å². The SMILES string of the molecule is Cc1cc(C)c(-c2cc(Oc3[c-]c4c(cc3)c3ccccc3n4-c3cc(C4(c5ccccc5)C(C)(C)CCCC4(C)C)ccn3)[c-]c(N3[CH-]N(C)c4ccccc43)c2)c(C)c1.[Pt]. The van der Waals surface area contributed by atoms with E-state index in [1.54, 1.807) is 0 Å². The van der Waals surface area contributed by atoms with Gasteiger partial charge in [0.15, 0.2) is 0 Å². The van der Waals surface area contributed by atoms with Crippen LogP contribution in [0.3, 0.4) is 0 Å². The van der Waals surface area contributed by atoms with Crippen molar-refractivity contribution < 1.29 is 25.8 Å². The van der Waals surface area contributed by atoms with Gasteiger partial charge in [0, 0.05) is 61.1 Å². The molecule has 0 spiro atoms. The molecule has 0 bridgehead atoms. The van der Waals surface area contributed by atoms with Gasteiger partial charge in [-0.1, -0.05) is 118 Å². The van der Waals surface area contributed by atoms with Crippen LogP contribution in [0.5, 0.6) is 11.5 Å². The molecule has 62 heavy (non-hydrogen) atoms. The number of anilines is 3. The van der Waals surface area contributed by atoms with Crippen LogP contribution in [0, 0.1) is 50.4 Å². The molecule has 0 atom stereocenters. The molecule has 0 unspecified atom stereocenters. The first-order valence-corrected chi connectivity index (χ1v) is 21.6. The van der Waals surface area contributed by atoms with Crippen LogP contribution in [0.15, 0.2) is 134 Å². The third-order valence-corrected chi connectivity index (χ3v) is 13.9. The number of rotatable bonds is 7. The van der Waals surface area contributed by atoms with Gasteiger partial charge in [-0.3, -0.25) is 0 Å². The average molecular weight is 993 g/mol. The Labute approximate surface area is 381 Å². The zero-order chi connectivity index (χ0) is 42.3. The van der Waals surface area contributed by atoms with E-state index in [4.69, 9.17) is 9.72 Å². The van der Waals surface area contributed by atoms with Gasteiger partial charge in [-0.2, -0.15) is 12.7 Å². The van der Waals surface area contributed by atoms with Crippen molar-refractivity contribution in [2.24, 2.45) is 10.8 Å². The molecule has 0 N–H and O–H groups in total. The second-order valence-corrected chi connectivity index (χ2v) is 18.7. The van der Waals surface area contributed by atoms with Crippen molar-refractivity contribution in [2.75, 3.05) is 16.8 Å². The Morgan fingerprint density at radius 1 is 0.661 bits per heavy atom. The number of nitrogens with zero attached hydrogens (tertiary/aromatic N) is 4. The zero-order valence-electron chi connectivity index (χ0n) is 36.9. The average Bonchev–Trinajstić information content (AvgIpc) is 3.74. The van der Waals surface area contributed by atoms with Crippen molar-refractivity contribution in [3.63, 3.8) is 0 Å². The van der Waals surface area contributed by atoms with Gasteiger partial charge < -0.3 is 19.1 Å². The maximum Gasteiger partial charge on any atom is 0.135 e. The normalized spacial score (nSPS) is 16.3. The topological polar surface area (TPSA) is 33.5 Å². The minimum Gasteiger partial charge on any atom is -0.509 e. The molecule has 1 saturated carbocycles. The summed E-state index contributed by atoms with van der Waals surface area (Å²) >= 11 is 0. The fourth-order valence-corrected chi connectivity index (χ4v) is 11.7. The number of ether oxygens (including phenoxy) is 1. The summed E-state index contributed by atoms with van der Waals surface area (Å²) in [6.07, 6.45) is 5.52. The number of hydrogen-bond donors (Lipinski definition) is 0. The van der Waals surface area contributed by atoms with Crippen LogP contribution in [0.4, 0.5) is 17.1 Å². The molecule has 3 heterocycles. The molecular formula is C56H53N4OPt-3. The number of pyridine rings is 1. The van der Waals surface area contributed by atoms with Crippen LogP contribution >= 0.6 is 0 Å². The van der Waals surface area contributed by atoms with E-state index in [0.717, 1.165) is 63.1 Å². The number of hydrogen-bond acceptors (Lipinski definition) is 4. The molecule has 8 aromatic rings. The van der Waals surface area contributed by atoms with E-state index in [1.807, 2.05) is 12.3 Å². The fraction of sp³-hybridized carbons (Fsp3) is 0.250. The Bertz CT molecular complexity index is 2940. The molecule has 1 fully saturated rings. The first-order valence-electron chi connectivity index (χ1n) is 21.6. The van der Waals surface area contributed by atoms with Gasteiger partial charge in [0.2, 0.25) is 0 Å². The summed E-state index contributed by atoms with van der Waals surface area (Å²) in [5, 5.41) is 2.25. The van der Waals surface area contributed by atoms with Crippen LogP contribution in [-0.2, 0) is 26.5 Å². The first kappa shape index (κ1) is 41.7. The molecular weight excluding hydrogens is 940 g/mol. The van der Waals surface area contributed by atoms with E-state index in [2.05, 4.69) is 210 Å². The molecule has 1 aliphatic carbocycles. The molecule has 0 radical (unpaired) electrons. The Hall–Kier alpha value is -5.64. The van der Waals surface area contributed by atoms with Gasteiger partial charge in [0.25, 0.3) is 0 Å². The molecule has 0 amide bonds. The smallest absolute Gasteiger partial charge is 0.135 e. The molecule has 316 valence electrons. The number of fused-ring (bicyclic) bond motifs is 4. The van der Waals surface area contributed by atoms with Crippen LogP contribution in [0.2, 0.25) is 0 Å². The van der Waals surface area contributed by atoms with E-state index in [1.165, 1.54) is 39.8 Å². The summed E-state index contributed by atoms with van der Waals surface area (Å²) in [5.41, 5.74) is 13.5. The Balaban J connectivity index is 0.00000490. The van der Waals surface area contributed by atoms with E-state index >= 15 is 0 Å². The van der Waals surface area contributed by atoms with Gasteiger partial charge in [-0.15, -0.1) is 47.0 Å². The summed E-state index contributed by atoms with van der Waals surface area (Å²) in [4.78, 5) is 9.49. The summed E-state index contributed by atoms with van der Waals surface area (Å²) in [6.45, 7) is 18.5. The quantitative estimate of drug-likeness (QED) is 0.149. The van der Waals surface area contributed by atoms with Gasteiger partial charge in [0.1, 0.15) is 5.82 Å². The van der Waals surface area contributed by atoms with Crippen molar-refractivity contribution in [2.45, 2.75) is 73.1 Å². The van der Waals surface area contributed by atoms with Gasteiger partial charge >= 0.3 is 0 Å². The van der Waals surface area contributed by atoms with Crippen LogP contribution < -0.4 is 14.5 Å². The molecule has 6 aromatic carbocycles. The van der Waals surface area contributed by atoms with Crippen molar-refractivity contribution in [1.29, 1.82) is 0 Å². The van der Waals surface area contributed by atoms with E-state index in [9.17, 15) is 0 Å². The molecule has 6 heteroatoms. The van der Waals surface area contributed by atoms with Crippen molar-refractivity contribution >= 4 is 38.9 Å². The third kappa shape index (κ3) is 6.58. The first-order chi connectivity index (χ1) is 29.4. The molecule has 1 aliphatic heterocycles. The summed E-state index contributed by atoms with van der Waals surface area (Å²) in [7, 11) is 2.08. The van der Waals surface area contributed by atoms with Crippen LogP contribution in [0.25, 0.3) is 38.8 Å². The Morgan fingerprint density at radius 2 is 1.34 bits per heavy atom. The predicted molar refractivity (Wildman–Crippen MR) is 252 cm³/mol. The standard InChI is InChI=1S/C56H53N4O.Pt/c1-37-29-38(2)53(39(3)30-37)40-31-43(59-36-58(8)49-21-14-15-22-50(49)59)34-45(32-40)61-44-23-24-47-46-19-12-13-20-48(46)60(51(47)35-44)52-33-42(25-28-57-52)56(41-17-10-9-11-18-41)54(4,5)26-16-27-55(56,6)7;/h9-15,17-25,28-33,36H,16,26-27H2,1-8H3;/q-3;. The number of benzene rings is 6. The predicted octanol–water partition coefficient (Wildman–Crippen LogP) is 14.4. The minimum atomic E-state index is -0.247. The van der Waals surface area contributed by atoms with Crippen LogP contribution in [0.1, 0.15) is 74.8 Å². The van der Waals surface area contributed by atoms with E-state index in [0.29, 0.717) is 11.5 Å². The second kappa shape index (κ2) is 15.6. The van der Waals surface area contributed by atoms with E-state index in [-0.39, 0.29) is 37.3 Å².